The Morgan fingerprint density at radius 1 is 1.17 bits per heavy atom. The standard InChI is InChI=1S/C29H32FN6O9P/c1-17(28(39)41-14-19-9-5-3-6-10-19)35-46(40,45-20-11-7-4-8-12-20)42-15-22-21(13-30)24(43-18(2)37)27(44-22)36-16-32-23-25(36)33-29(31)34-26(23)38/h3-12,16-17,21-22,24,27H,13-15H2,1-2H3,(H,35,40)(H3,31,33,34,38)/t17-,21-,22-,24-,27-,46?/m1/s1. The second kappa shape index (κ2) is 14.2. The van der Waals surface area contributed by atoms with Gasteiger partial charge in [0, 0.05) is 6.92 Å². The van der Waals surface area contributed by atoms with E-state index in [-0.39, 0.29) is 29.5 Å². The molecular weight excluding hydrogens is 626 g/mol. The summed E-state index contributed by atoms with van der Waals surface area (Å²) in [6, 6.07) is 15.9. The number of aromatic nitrogens is 4. The van der Waals surface area contributed by atoms with Crippen molar-refractivity contribution in [3.8, 4) is 5.75 Å². The number of fused-ring (bicyclic) bond motifs is 1. The highest BCUT2D eigenvalue weighted by Gasteiger charge is 2.49. The number of nitrogens with one attached hydrogen (secondary N) is 2. The smallest absolute Gasteiger partial charge is 0.459 e. The molecule has 1 fully saturated rings. The number of halogens is 1. The summed E-state index contributed by atoms with van der Waals surface area (Å²) < 4.78 is 58.3. The van der Waals surface area contributed by atoms with E-state index in [1.165, 1.54) is 30.0 Å². The Kier molecular flexibility index (Phi) is 10.1. The summed E-state index contributed by atoms with van der Waals surface area (Å²) in [5, 5.41) is 2.58. The van der Waals surface area contributed by atoms with Crippen molar-refractivity contribution in [1.82, 2.24) is 24.6 Å². The van der Waals surface area contributed by atoms with Gasteiger partial charge in [-0.1, -0.05) is 48.5 Å². The number of aromatic amines is 1. The van der Waals surface area contributed by atoms with Crippen molar-refractivity contribution >= 4 is 36.8 Å². The van der Waals surface area contributed by atoms with Gasteiger partial charge in [0.05, 0.1) is 31.6 Å². The third kappa shape index (κ3) is 7.59. The molecule has 6 atom stereocenters. The van der Waals surface area contributed by atoms with Crippen LogP contribution in [-0.2, 0) is 39.5 Å². The van der Waals surface area contributed by atoms with Gasteiger partial charge in [-0.05, 0) is 24.6 Å². The molecule has 0 spiro atoms. The second-order valence-electron chi connectivity index (χ2n) is 10.4. The predicted molar refractivity (Wildman–Crippen MR) is 161 cm³/mol. The number of esters is 2. The Balaban J connectivity index is 1.37. The number of alkyl halides is 1. The molecule has 0 radical (unpaired) electrons. The van der Waals surface area contributed by atoms with Crippen molar-refractivity contribution in [2.75, 3.05) is 19.0 Å². The van der Waals surface area contributed by atoms with Gasteiger partial charge in [-0.2, -0.15) is 10.1 Å². The molecule has 2 aromatic heterocycles. The molecule has 15 nitrogen and oxygen atoms in total. The number of H-pyrrole nitrogens is 1. The first-order chi connectivity index (χ1) is 22.1. The number of hydrogen-bond acceptors (Lipinski definition) is 12. The molecule has 244 valence electrons. The molecule has 46 heavy (non-hydrogen) atoms. The highest BCUT2D eigenvalue weighted by molar-refractivity contribution is 7.52. The number of ether oxygens (including phenoxy) is 3. The zero-order valence-electron chi connectivity index (χ0n) is 24.8. The molecule has 17 heteroatoms. The lowest BCUT2D eigenvalue weighted by Crippen LogP contribution is -2.37. The Morgan fingerprint density at radius 2 is 1.87 bits per heavy atom. The molecule has 0 bridgehead atoms. The number of nitrogens with two attached hydrogens (primary N) is 1. The lowest BCUT2D eigenvalue weighted by atomic mass is 10.00. The van der Waals surface area contributed by atoms with Crippen LogP contribution in [0.1, 0.15) is 25.6 Å². The number of para-hydroxylation sites is 1. The highest BCUT2D eigenvalue weighted by atomic mass is 31.2. The van der Waals surface area contributed by atoms with Crippen LogP contribution in [0.25, 0.3) is 11.2 Å². The summed E-state index contributed by atoms with van der Waals surface area (Å²) in [5.41, 5.74) is 5.78. The van der Waals surface area contributed by atoms with Crippen molar-refractivity contribution in [2.45, 2.75) is 44.9 Å². The maximum atomic E-state index is 14.6. The summed E-state index contributed by atoms with van der Waals surface area (Å²) in [6.07, 6.45) is -2.39. The summed E-state index contributed by atoms with van der Waals surface area (Å²) >= 11 is 0. The van der Waals surface area contributed by atoms with Crippen LogP contribution in [0, 0.1) is 5.92 Å². The average Bonchev–Trinajstić information content (AvgIpc) is 3.60. The van der Waals surface area contributed by atoms with Gasteiger partial charge in [-0.15, -0.1) is 0 Å². The first-order valence-corrected chi connectivity index (χ1v) is 15.7. The van der Waals surface area contributed by atoms with Gasteiger partial charge in [-0.25, -0.2) is 9.55 Å². The maximum absolute atomic E-state index is 14.6. The Bertz CT molecular complexity index is 1770. The number of rotatable bonds is 13. The normalized spacial score (nSPS) is 21.4. The van der Waals surface area contributed by atoms with E-state index in [0.717, 1.165) is 12.5 Å². The minimum atomic E-state index is -4.37. The van der Waals surface area contributed by atoms with Crippen molar-refractivity contribution in [3.63, 3.8) is 0 Å². The van der Waals surface area contributed by atoms with Gasteiger partial charge >= 0.3 is 19.7 Å². The number of carbonyl (C=O) groups is 2. The molecule has 1 aliphatic heterocycles. The van der Waals surface area contributed by atoms with Crippen LogP contribution in [0.4, 0.5) is 10.3 Å². The SMILES string of the molecule is CC(=O)O[C@@H]1[C@H](CF)[C@@H](COP(=O)(N[C@H](C)C(=O)OCc2ccccc2)Oc2ccccc2)O[C@H]1n1cnc2c(=O)[nH]c(N)nc21. The van der Waals surface area contributed by atoms with Crippen LogP contribution in [0.3, 0.4) is 0 Å². The first kappa shape index (κ1) is 32.8. The van der Waals surface area contributed by atoms with Gasteiger partial charge in [0.1, 0.15) is 18.4 Å². The quantitative estimate of drug-likeness (QED) is 0.140. The van der Waals surface area contributed by atoms with E-state index in [2.05, 4.69) is 20.0 Å². The van der Waals surface area contributed by atoms with Gasteiger partial charge in [-0.3, -0.25) is 32.8 Å². The molecule has 1 saturated heterocycles. The van der Waals surface area contributed by atoms with E-state index in [4.69, 9.17) is 29.0 Å². The average molecular weight is 659 g/mol. The fraction of sp³-hybridized carbons (Fsp3) is 0.345. The monoisotopic (exact) mass is 658 g/mol. The summed E-state index contributed by atoms with van der Waals surface area (Å²) in [4.78, 5) is 47.7. The highest BCUT2D eigenvalue weighted by Crippen LogP contribution is 2.47. The van der Waals surface area contributed by atoms with Crippen molar-refractivity contribution in [1.29, 1.82) is 0 Å². The molecular formula is C29H32FN6O9P. The van der Waals surface area contributed by atoms with Crippen LogP contribution < -0.4 is 20.9 Å². The van der Waals surface area contributed by atoms with Gasteiger partial charge in [0.2, 0.25) is 5.95 Å². The third-order valence-electron chi connectivity index (χ3n) is 7.01. The molecule has 4 aromatic rings. The van der Waals surface area contributed by atoms with Crippen LogP contribution >= 0.6 is 7.75 Å². The molecule has 5 rings (SSSR count). The van der Waals surface area contributed by atoms with Crippen LogP contribution in [0.2, 0.25) is 0 Å². The summed E-state index contributed by atoms with van der Waals surface area (Å²) in [6.45, 7) is 0.983. The van der Waals surface area contributed by atoms with Gasteiger partial charge in [0.15, 0.2) is 23.5 Å². The fourth-order valence-electron chi connectivity index (χ4n) is 4.85. The molecule has 0 saturated carbocycles. The molecule has 0 aliphatic carbocycles. The number of hydrogen-bond donors (Lipinski definition) is 3. The number of nitrogen functional groups attached to an aromatic ring is 1. The van der Waals surface area contributed by atoms with Crippen molar-refractivity contribution < 1.29 is 41.8 Å². The van der Waals surface area contributed by atoms with E-state index in [9.17, 15) is 23.3 Å². The number of nitrogens with zero attached hydrogens (tertiary/aromatic N) is 3. The van der Waals surface area contributed by atoms with Gasteiger partial charge < -0.3 is 24.5 Å². The third-order valence-corrected chi connectivity index (χ3v) is 8.65. The van der Waals surface area contributed by atoms with Gasteiger partial charge in [0.25, 0.3) is 5.56 Å². The second-order valence-corrected chi connectivity index (χ2v) is 12.1. The largest absolute Gasteiger partial charge is 0.460 e. The minimum Gasteiger partial charge on any atom is -0.460 e. The topological polar surface area (TPSA) is 199 Å². The molecule has 1 aliphatic rings. The van der Waals surface area contributed by atoms with Crippen LogP contribution in [0.5, 0.6) is 5.75 Å². The first-order valence-electron chi connectivity index (χ1n) is 14.2. The molecule has 1 unspecified atom stereocenters. The predicted octanol–water partition coefficient (Wildman–Crippen LogP) is 3.04. The molecule has 4 N–H and O–H groups in total. The number of anilines is 1. The van der Waals surface area contributed by atoms with E-state index < -0.39 is 68.9 Å². The molecule has 2 aromatic carbocycles. The number of imidazole rings is 1. The van der Waals surface area contributed by atoms with Crippen molar-refractivity contribution in [2.24, 2.45) is 5.92 Å². The number of carbonyl (C=O) groups excluding carboxylic acids is 2. The van der Waals surface area contributed by atoms with E-state index in [0.29, 0.717) is 0 Å². The van der Waals surface area contributed by atoms with E-state index in [1.54, 1.807) is 42.5 Å². The summed E-state index contributed by atoms with van der Waals surface area (Å²) in [5.74, 6) is -2.62. The minimum absolute atomic E-state index is 0.00478. The lowest BCUT2D eigenvalue weighted by Gasteiger charge is -2.25. The zero-order chi connectivity index (χ0) is 32.8. The van der Waals surface area contributed by atoms with Crippen molar-refractivity contribution in [3.05, 3.63) is 82.9 Å². The summed E-state index contributed by atoms with van der Waals surface area (Å²) in [7, 11) is -4.37. The van der Waals surface area contributed by atoms with E-state index >= 15 is 0 Å². The lowest BCUT2D eigenvalue weighted by molar-refractivity contribution is -0.154. The zero-order valence-corrected chi connectivity index (χ0v) is 25.7. The van der Waals surface area contributed by atoms with E-state index in [1.807, 2.05) is 6.07 Å². The maximum Gasteiger partial charge on any atom is 0.459 e. The molecule has 0 amide bonds. The Hall–Kier alpha value is -4.63. The molecule has 3 heterocycles. The van der Waals surface area contributed by atoms with Crippen LogP contribution in [-0.4, -0.2) is 63.0 Å². The Labute approximate surface area is 261 Å². The van der Waals surface area contributed by atoms with Crippen LogP contribution in [0.15, 0.2) is 71.8 Å². The Morgan fingerprint density at radius 3 is 2.54 bits per heavy atom. The number of benzene rings is 2. The fourth-order valence-corrected chi connectivity index (χ4v) is 6.35.